The second-order valence-electron chi connectivity index (χ2n) is 23.2. The van der Waals surface area contributed by atoms with Gasteiger partial charge in [-0.25, -0.2) is 21.8 Å². The van der Waals surface area contributed by atoms with E-state index in [1.807, 2.05) is 54.0 Å². The summed E-state index contributed by atoms with van der Waals surface area (Å²) in [5.41, 5.74) is 8.92. The number of amides is 2. The van der Waals surface area contributed by atoms with Gasteiger partial charge in [0, 0.05) is 93.2 Å². The average molecular weight is 1450 g/mol. The molecule has 0 atom stereocenters. The van der Waals surface area contributed by atoms with Gasteiger partial charge >= 0.3 is 12.4 Å². The van der Waals surface area contributed by atoms with Crippen molar-refractivity contribution < 1.29 is 82.6 Å². The van der Waals surface area contributed by atoms with E-state index >= 15 is 13.2 Å². The molecule has 34 heteroatoms. The maximum absolute atomic E-state index is 15.3. The molecule has 0 saturated carbocycles. The number of alkyl halides is 6. The number of carbonyl (C=O) groups is 2. The highest BCUT2D eigenvalue weighted by Crippen LogP contribution is 2.41. The van der Waals surface area contributed by atoms with E-state index in [0.29, 0.717) is 34.4 Å². The van der Waals surface area contributed by atoms with Crippen molar-refractivity contribution in [3.05, 3.63) is 227 Å². The van der Waals surface area contributed by atoms with Crippen molar-refractivity contribution in [2.75, 3.05) is 57.4 Å². The van der Waals surface area contributed by atoms with E-state index in [1.54, 1.807) is 78.1 Å². The number of nitrogens with one attached hydrogen (secondary N) is 9. The summed E-state index contributed by atoms with van der Waals surface area (Å²) in [6.45, 7) is 5.20. The van der Waals surface area contributed by atoms with Crippen molar-refractivity contribution in [3.8, 4) is 22.3 Å². The number of aliphatic hydroxyl groups excluding tert-OH is 1. The first-order chi connectivity index (χ1) is 48.5. The number of anilines is 5. The number of aryl methyl sites for hydroxylation is 2. The summed E-state index contributed by atoms with van der Waals surface area (Å²) >= 11 is 0. The fourth-order valence-electron chi connectivity index (χ4n) is 10.9. The zero-order valence-corrected chi connectivity index (χ0v) is 56.7. The molecule has 0 aliphatic carbocycles. The van der Waals surface area contributed by atoms with E-state index in [2.05, 4.69) is 45.8 Å². The Morgan fingerprint density at radius 3 is 1.79 bits per heavy atom. The highest BCUT2D eigenvalue weighted by molar-refractivity contribution is 7.93. The van der Waals surface area contributed by atoms with Crippen LogP contribution in [0.2, 0.25) is 0 Å². The standard InChI is InChI=1S/C68H70F6N16O10S2/c1-43-7-11-55(45(3)64(43)79-62(91)41-87-34-21-49(22-35-87)47-17-28-75-29-18-47)83-101(97,98)60-15-9-51(39-53(60)67(69,70)71)89-32-5-26-78-59(66(93)82-86-95)14-13-58(81-85-94)57(25-38-89)77-27-6-33-90(96)52-10-16-61(54(40-52)68(72,73)74)102(99,100)84-56-12-8-44(2)65(46(56)4)80-63(92)42-88-36-23-50(24-37-88)48-19-30-76-31-20-48/h7-25,28-31,34-37,39-40,75-77,83-84,96H,5-6,26-27,32-33,38,41-42H2,1-4H3,(H5,78,79,80,81,82,85,86,91,92,93,94,95)/p+2/b57-25-. The van der Waals surface area contributed by atoms with E-state index in [-0.39, 0.29) is 115 Å². The first-order valence-corrected chi connectivity index (χ1v) is 34.2. The Balaban J connectivity index is 0.909. The van der Waals surface area contributed by atoms with Crippen LogP contribution in [0, 0.1) is 27.7 Å². The van der Waals surface area contributed by atoms with Crippen LogP contribution in [-0.4, -0.2) is 98.0 Å². The Morgan fingerprint density at radius 2 is 1.22 bits per heavy atom. The van der Waals surface area contributed by atoms with Crippen LogP contribution in [0.3, 0.4) is 0 Å². The molecule has 2 amide bonds. The number of aliphatic imine (C=N–C) groups is 1. The smallest absolute Gasteiger partial charge is 0.417 e. The lowest BCUT2D eigenvalue weighted by molar-refractivity contribution is -0.684. The van der Waals surface area contributed by atoms with Crippen molar-refractivity contribution in [2.24, 2.45) is 4.99 Å². The molecule has 0 radical (unpaired) electrons. The molecule has 0 fully saturated rings. The fraction of sp³-hybridized carbons (Fsp3) is 0.221. The van der Waals surface area contributed by atoms with Crippen molar-refractivity contribution in [3.63, 3.8) is 0 Å². The summed E-state index contributed by atoms with van der Waals surface area (Å²) in [6, 6.07) is 24.9. The molecule has 4 aromatic carbocycles. The van der Waals surface area contributed by atoms with Crippen LogP contribution in [-0.2, 0) is 55.1 Å². The Bertz CT molecular complexity index is 4710. The summed E-state index contributed by atoms with van der Waals surface area (Å²) in [6.07, 6.45) is 6.88. The maximum Gasteiger partial charge on any atom is 0.417 e. The number of nitrogens with zero attached hydrogens (tertiary/aromatic N) is 7. The first kappa shape index (κ1) is 75.2. The molecule has 9 rings (SSSR count). The van der Waals surface area contributed by atoms with Gasteiger partial charge in [0.1, 0.15) is 5.70 Å². The van der Waals surface area contributed by atoms with Crippen LogP contribution in [0.4, 0.5) is 60.5 Å². The van der Waals surface area contributed by atoms with Crippen LogP contribution < -0.4 is 66.5 Å². The predicted molar refractivity (Wildman–Crippen MR) is 366 cm³/mol. The van der Waals surface area contributed by atoms with Crippen molar-refractivity contribution >= 4 is 71.9 Å². The zero-order valence-electron chi connectivity index (χ0n) is 55.1. The summed E-state index contributed by atoms with van der Waals surface area (Å²) in [4.78, 5) is 37.9. The number of allylic oxidation sites excluding steroid dienone is 2. The van der Waals surface area contributed by atoms with Crippen molar-refractivity contribution in [1.82, 2.24) is 42.6 Å². The van der Waals surface area contributed by atoms with E-state index in [4.69, 9.17) is 0 Å². The molecular weight excluding hydrogens is 1380 g/mol. The van der Waals surface area contributed by atoms with Gasteiger partial charge in [-0.1, -0.05) is 12.1 Å². The summed E-state index contributed by atoms with van der Waals surface area (Å²) in [5, 5.41) is 50.5. The second-order valence-corrected chi connectivity index (χ2v) is 26.5. The van der Waals surface area contributed by atoms with Gasteiger partial charge in [0.15, 0.2) is 24.8 Å². The third-order valence-electron chi connectivity index (χ3n) is 16.1. The molecule has 102 heavy (non-hydrogen) atoms. The summed E-state index contributed by atoms with van der Waals surface area (Å²) in [5.74, 6) is -1.74. The van der Waals surface area contributed by atoms with E-state index in [1.165, 1.54) is 66.8 Å². The van der Waals surface area contributed by atoms with E-state index < -0.39 is 77.4 Å². The number of rotatable bonds is 25. The molecule has 0 bridgehead atoms. The van der Waals surface area contributed by atoms with Gasteiger partial charge in [-0.05, 0) is 176 Å². The van der Waals surface area contributed by atoms with Crippen LogP contribution in [0.15, 0.2) is 209 Å². The molecule has 13 N–H and O–H groups in total. The van der Waals surface area contributed by atoms with Gasteiger partial charge in [0.2, 0.25) is 13.1 Å². The normalized spacial score (nSPS) is 15.0. The molecule has 5 heterocycles. The second kappa shape index (κ2) is 33.0. The minimum atomic E-state index is -5.29. The molecule has 26 nitrogen and oxygen atoms in total. The molecule has 4 aromatic heterocycles. The molecule has 1 aliphatic rings. The number of pyridine rings is 4. The largest absolute Gasteiger partial charge is 0.492 e. The Hall–Kier alpha value is -11.0. The number of benzene rings is 4. The number of halogens is 6. The summed E-state index contributed by atoms with van der Waals surface area (Å²) in [7, 11) is -10.1. The van der Waals surface area contributed by atoms with Gasteiger partial charge in [0.25, 0.3) is 37.8 Å². The van der Waals surface area contributed by atoms with Crippen LogP contribution in [0.5, 0.6) is 0 Å². The minimum absolute atomic E-state index is 0.00564. The molecule has 1 aliphatic heterocycles. The van der Waals surface area contributed by atoms with Crippen LogP contribution in [0.1, 0.15) is 46.2 Å². The Kier molecular flexibility index (Phi) is 24.3. The lowest BCUT2D eigenvalue weighted by Gasteiger charge is -2.27. The number of hydrogen-bond acceptors (Lipinski definition) is 19. The average Bonchev–Trinajstić information content (AvgIpc) is 0.776. The number of aliphatic hydroxyl groups is 1. The first-order valence-electron chi connectivity index (χ1n) is 31.2. The topological polar surface area (TPSA) is 344 Å². The monoisotopic (exact) mass is 1450 g/mol. The fourth-order valence-corrected chi connectivity index (χ4v) is 13.5. The number of sulfonamides is 2. The summed E-state index contributed by atoms with van der Waals surface area (Å²) < 4.78 is 155. The lowest BCUT2D eigenvalue weighted by Crippen LogP contribution is -2.40. The van der Waals surface area contributed by atoms with Gasteiger partial charge in [-0.15, -0.1) is 11.2 Å². The Morgan fingerprint density at radius 1 is 0.667 bits per heavy atom. The maximum atomic E-state index is 15.3. The molecule has 536 valence electrons. The van der Waals surface area contributed by atoms with Crippen molar-refractivity contribution in [2.45, 2.75) is 75.8 Å². The van der Waals surface area contributed by atoms with Crippen LogP contribution >= 0.6 is 0 Å². The third kappa shape index (κ3) is 19.3. The quantitative estimate of drug-likeness (QED) is 0.00633. The Labute approximate surface area is 582 Å². The van der Waals surface area contributed by atoms with Crippen LogP contribution in [0.25, 0.3) is 22.3 Å². The van der Waals surface area contributed by atoms with Gasteiger partial charge in [-0.2, -0.15) is 35.5 Å². The van der Waals surface area contributed by atoms with Gasteiger partial charge < -0.3 is 26.0 Å². The predicted octanol–water partition coefficient (Wildman–Crippen LogP) is 9.01. The third-order valence-corrected chi connectivity index (χ3v) is 19.0. The van der Waals surface area contributed by atoms with E-state index in [9.17, 15) is 60.3 Å². The molecule has 0 unspecified atom stereocenters. The highest BCUT2D eigenvalue weighted by atomic mass is 32.2. The molecule has 0 spiro atoms. The number of hydrogen-bond donors (Lipinski definition) is 13. The SMILES string of the molecule is Cc1ccc(NS(=O)(=O)c2ccc(N3C/C=C(NCCCN(O)c4ccc(S(=O)(=O)Nc5ccc(C)c(NC(=O)C[n+]6ccc(-c7ccncc7)cc6)c5C)c(C(F)(F)F)c4)/C(NNO)=C\C=C(/C(=O)NNO)NCCC3)cc2C(F)(F)F)c(C)c1N=C(O)C[n+]1ccc(-c2ccncc2)cc1. The van der Waals surface area contributed by atoms with Crippen molar-refractivity contribution in [1.29, 1.82) is 0 Å². The molecular formula is C68H72F6N16O10S2+2. The number of hydroxylamine groups is 1. The number of carbonyl (C=O) groups excluding carboxylic acids is 2. The number of hydrazine groups is 2. The zero-order chi connectivity index (χ0) is 73.5. The lowest BCUT2D eigenvalue weighted by atomic mass is 10.1. The highest BCUT2D eigenvalue weighted by Gasteiger charge is 2.40. The molecule has 8 aromatic rings. The van der Waals surface area contributed by atoms with Gasteiger partial charge in [-0.3, -0.25) is 60.5 Å². The van der Waals surface area contributed by atoms with E-state index in [0.717, 1.165) is 40.5 Å². The number of aromatic nitrogens is 4. The van der Waals surface area contributed by atoms with Gasteiger partial charge in [0.05, 0.1) is 55.1 Å². The minimum Gasteiger partial charge on any atom is -0.492 e. The molecule has 0 saturated heterocycles.